The zero-order valence-corrected chi connectivity index (χ0v) is 7.23. The van der Waals surface area contributed by atoms with Gasteiger partial charge in [-0.3, -0.25) is 0 Å². The van der Waals surface area contributed by atoms with Crippen molar-refractivity contribution in [3.63, 3.8) is 0 Å². The molecule has 0 aliphatic heterocycles. The first-order valence-corrected chi connectivity index (χ1v) is 3.95. The number of halogens is 3. The summed E-state index contributed by atoms with van der Waals surface area (Å²) in [6.07, 6.45) is 0. The maximum Gasteiger partial charge on any atom is 0.182 e. The van der Waals surface area contributed by atoms with Crippen LogP contribution in [0.3, 0.4) is 0 Å². The van der Waals surface area contributed by atoms with Crippen molar-refractivity contribution >= 4 is 5.69 Å². The predicted molar refractivity (Wildman–Crippen MR) is 45.4 cm³/mol. The molecule has 0 amide bonds. The lowest BCUT2D eigenvalue weighted by molar-refractivity contribution is 0.462. The van der Waals surface area contributed by atoms with Gasteiger partial charge in [0.2, 0.25) is 0 Å². The Balaban J connectivity index is 3.05. The van der Waals surface area contributed by atoms with Crippen molar-refractivity contribution in [1.82, 2.24) is 0 Å². The van der Waals surface area contributed by atoms with Crippen molar-refractivity contribution in [1.29, 1.82) is 0 Å². The van der Waals surface area contributed by atoms with Crippen LogP contribution in [-0.2, 0) is 0 Å². The Bertz CT molecular complexity index is 284. The topological polar surface area (TPSA) is 3.24 Å². The van der Waals surface area contributed by atoms with Crippen LogP contribution >= 0.6 is 0 Å². The fourth-order valence-corrected chi connectivity index (χ4v) is 1.06. The summed E-state index contributed by atoms with van der Waals surface area (Å²) in [6.45, 7) is 1.15. The van der Waals surface area contributed by atoms with E-state index < -0.39 is 18.4 Å². The Labute approximate surface area is 74.8 Å². The molecule has 0 saturated heterocycles. The Morgan fingerprint density at radius 2 is 2.00 bits per heavy atom. The molecule has 1 aromatic carbocycles. The first-order valence-electron chi connectivity index (χ1n) is 3.95. The van der Waals surface area contributed by atoms with E-state index in [-0.39, 0.29) is 5.69 Å². The third kappa shape index (κ3) is 1.94. The SMILES string of the molecule is CCN(CF)c1cccc(F)c1F. The summed E-state index contributed by atoms with van der Waals surface area (Å²) >= 11 is 0. The largest absolute Gasteiger partial charge is 0.342 e. The van der Waals surface area contributed by atoms with E-state index in [0.717, 1.165) is 11.0 Å². The molecule has 4 heteroatoms. The molecule has 1 aromatic rings. The quantitative estimate of drug-likeness (QED) is 0.661. The third-order valence-corrected chi connectivity index (χ3v) is 1.80. The van der Waals surface area contributed by atoms with Crippen molar-refractivity contribution in [2.24, 2.45) is 0 Å². The Morgan fingerprint density at radius 3 is 2.54 bits per heavy atom. The highest BCUT2D eigenvalue weighted by molar-refractivity contribution is 5.47. The summed E-state index contributed by atoms with van der Waals surface area (Å²) in [7, 11) is 0. The number of benzene rings is 1. The van der Waals surface area contributed by atoms with Crippen molar-refractivity contribution in [2.75, 3.05) is 18.2 Å². The van der Waals surface area contributed by atoms with Gasteiger partial charge in [-0.1, -0.05) is 6.07 Å². The van der Waals surface area contributed by atoms with Crippen molar-refractivity contribution in [2.45, 2.75) is 6.92 Å². The fraction of sp³-hybridized carbons (Fsp3) is 0.333. The Morgan fingerprint density at radius 1 is 1.31 bits per heavy atom. The normalized spacial score (nSPS) is 10.2. The summed E-state index contributed by atoms with van der Waals surface area (Å²) < 4.78 is 38.0. The predicted octanol–water partition coefficient (Wildman–Crippen LogP) is 2.72. The molecule has 0 heterocycles. The second-order valence-corrected chi connectivity index (χ2v) is 2.55. The Kier molecular flexibility index (Phi) is 3.17. The molecular formula is C9H10F3N. The maximum atomic E-state index is 13.0. The smallest absolute Gasteiger partial charge is 0.182 e. The molecule has 13 heavy (non-hydrogen) atoms. The molecule has 0 fully saturated rings. The van der Waals surface area contributed by atoms with Gasteiger partial charge >= 0.3 is 0 Å². The molecule has 72 valence electrons. The van der Waals surface area contributed by atoms with Crippen LogP contribution in [-0.4, -0.2) is 13.3 Å². The third-order valence-electron chi connectivity index (χ3n) is 1.80. The summed E-state index contributed by atoms with van der Waals surface area (Å²) in [4.78, 5) is 1.11. The van der Waals surface area contributed by atoms with E-state index in [2.05, 4.69) is 0 Å². The van der Waals surface area contributed by atoms with Gasteiger partial charge in [0.15, 0.2) is 18.4 Å². The van der Waals surface area contributed by atoms with Gasteiger partial charge in [0, 0.05) is 6.54 Å². The highest BCUT2D eigenvalue weighted by Gasteiger charge is 2.12. The molecule has 1 rings (SSSR count). The molecule has 0 radical (unpaired) electrons. The van der Waals surface area contributed by atoms with E-state index >= 15 is 0 Å². The van der Waals surface area contributed by atoms with Crippen LogP contribution in [0, 0.1) is 11.6 Å². The number of rotatable bonds is 3. The first-order chi connectivity index (χ1) is 6.20. The van der Waals surface area contributed by atoms with Gasteiger partial charge in [-0.15, -0.1) is 0 Å². The van der Waals surface area contributed by atoms with Crippen molar-refractivity contribution < 1.29 is 13.2 Å². The molecular weight excluding hydrogens is 179 g/mol. The molecule has 0 aliphatic rings. The van der Waals surface area contributed by atoms with Crippen LogP contribution in [0.2, 0.25) is 0 Å². The summed E-state index contributed by atoms with van der Waals surface area (Å²) in [5, 5.41) is 0. The molecule has 1 nitrogen and oxygen atoms in total. The van der Waals surface area contributed by atoms with Crippen LogP contribution in [0.15, 0.2) is 18.2 Å². The van der Waals surface area contributed by atoms with Crippen molar-refractivity contribution in [3.05, 3.63) is 29.8 Å². The number of anilines is 1. The summed E-state index contributed by atoms with van der Waals surface area (Å²) in [5.74, 6) is -1.95. The van der Waals surface area contributed by atoms with Crippen molar-refractivity contribution in [3.8, 4) is 0 Å². The minimum atomic E-state index is -0.998. The second-order valence-electron chi connectivity index (χ2n) is 2.55. The minimum Gasteiger partial charge on any atom is -0.342 e. The van der Waals surface area contributed by atoms with Gasteiger partial charge in [-0.2, -0.15) is 0 Å². The molecule has 0 saturated carbocycles. The molecule has 0 unspecified atom stereocenters. The lowest BCUT2D eigenvalue weighted by Crippen LogP contribution is -2.22. The second kappa shape index (κ2) is 4.16. The van der Waals surface area contributed by atoms with Gasteiger partial charge in [0.25, 0.3) is 0 Å². The lowest BCUT2D eigenvalue weighted by Gasteiger charge is -2.19. The average Bonchev–Trinajstić information content (AvgIpc) is 2.14. The van der Waals surface area contributed by atoms with E-state index in [4.69, 9.17) is 0 Å². The lowest BCUT2D eigenvalue weighted by atomic mass is 10.2. The molecule has 0 N–H and O–H groups in total. The Hall–Kier alpha value is -1.19. The number of hydrogen-bond acceptors (Lipinski definition) is 1. The van der Waals surface area contributed by atoms with Gasteiger partial charge in [0.05, 0.1) is 5.69 Å². The fourth-order valence-electron chi connectivity index (χ4n) is 1.06. The maximum absolute atomic E-state index is 13.0. The summed E-state index contributed by atoms with van der Waals surface area (Å²) in [6, 6.07) is 3.71. The summed E-state index contributed by atoms with van der Waals surface area (Å²) in [5.41, 5.74) is -0.0370. The number of hydrogen-bond donors (Lipinski definition) is 0. The number of nitrogens with zero attached hydrogens (tertiary/aromatic N) is 1. The van der Waals surface area contributed by atoms with Gasteiger partial charge in [-0.25, -0.2) is 13.2 Å². The standard InChI is InChI=1S/C9H10F3N/c1-2-13(6-10)8-5-3-4-7(11)9(8)12/h3-5H,2,6H2,1H3. The van der Waals surface area contributed by atoms with Crippen LogP contribution in [0.5, 0.6) is 0 Å². The zero-order chi connectivity index (χ0) is 9.84. The van der Waals surface area contributed by atoms with Crippen LogP contribution in [0.4, 0.5) is 18.9 Å². The van der Waals surface area contributed by atoms with E-state index in [1.807, 2.05) is 0 Å². The van der Waals surface area contributed by atoms with Gasteiger partial charge in [-0.05, 0) is 19.1 Å². The highest BCUT2D eigenvalue weighted by Crippen LogP contribution is 2.20. The van der Waals surface area contributed by atoms with Gasteiger partial charge < -0.3 is 4.90 Å². The molecule has 0 aliphatic carbocycles. The molecule has 0 bridgehead atoms. The highest BCUT2D eigenvalue weighted by atomic mass is 19.2. The van der Waals surface area contributed by atoms with E-state index in [9.17, 15) is 13.2 Å². The first kappa shape index (κ1) is 9.89. The monoisotopic (exact) mass is 189 g/mol. The molecule has 0 spiro atoms. The van der Waals surface area contributed by atoms with E-state index in [1.54, 1.807) is 6.92 Å². The van der Waals surface area contributed by atoms with E-state index in [1.165, 1.54) is 12.1 Å². The number of alkyl halides is 1. The van der Waals surface area contributed by atoms with Crippen LogP contribution in [0.25, 0.3) is 0 Å². The molecule has 0 aromatic heterocycles. The average molecular weight is 189 g/mol. The van der Waals surface area contributed by atoms with E-state index in [0.29, 0.717) is 6.54 Å². The van der Waals surface area contributed by atoms with Crippen LogP contribution in [0.1, 0.15) is 6.92 Å². The zero-order valence-electron chi connectivity index (χ0n) is 7.23. The molecule has 0 atom stereocenters. The minimum absolute atomic E-state index is 0.0370. The van der Waals surface area contributed by atoms with Gasteiger partial charge in [0.1, 0.15) is 0 Å². The van der Waals surface area contributed by atoms with Crippen LogP contribution < -0.4 is 4.90 Å².